The van der Waals surface area contributed by atoms with Crippen LogP contribution >= 0.6 is 0 Å². The molecule has 1 N–H and O–H groups in total. The van der Waals surface area contributed by atoms with Crippen LogP contribution in [-0.2, 0) is 0 Å². The minimum absolute atomic E-state index is 1.09. The highest BCUT2D eigenvalue weighted by atomic mass is 14.9. The first-order valence-electron chi connectivity index (χ1n) is 5.55. The monoisotopic (exact) mass is 191 g/mol. The molecule has 1 heteroatoms. The third kappa shape index (κ3) is 3.41. The summed E-state index contributed by atoms with van der Waals surface area (Å²) in [5, 5.41) is 3.47. The lowest BCUT2D eigenvalue weighted by molar-refractivity contribution is 0.743. The highest BCUT2D eigenvalue weighted by Gasteiger charge is 1.96. The van der Waals surface area contributed by atoms with Gasteiger partial charge in [-0.05, 0) is 31.9 Å². The van der Waals surface area contributed by atoms with E-state index in [1.807, 2.05) is 0 Å². The second-order valence-corrected chi connectivity index (χ2v) is 3.95. The van der Waals surface area contributed by atoms with Crippen molar-refractivity contribution in [1.29, 1.82) is 0 Å². The molecule has 0 amide bonds. The van der Waals surface area contributed by atoms with Gasteiger partial charge in [0, 0.05) is 12.2 Å². The Bertz CT molecular complexity index is 279. The van der Waals surface area contributed by atoms with Gasteiger partial charge in [0.25, 0.3) is 0 Å². The molecule has 78 valence electrons. The van der Waals surface area contributed by atoms with Crippen molar-refractivity contribution >= 4 is 5.69 Å². The third-order valence-corrected chi connectivity index (χ3v) is 2.48. The zero-order valence-electron chi connectivity index (χ0n) is 9.56. The molecule has 0 aliphatic carbocycles. The second kappa shape index (κ2) is 5.69. The standard InChI is InChI=1S/C13H21N/c1-4-5-6-9-14-13-8-7-11(2)10-12(13)3/h7-8,10,14H,4-6,9H2,1-3H3. The predicted octanol–water partition coefficient (Wildman–Crippen LogP) is 3.91. The third-order valence-electron chi connectivity index (χ3n) is 2.48. The quantitative estimate of drug-likeness (QED) is 0.696. The van der Waals surface area contributed by atoms with Crippen LogP contribution in [-0.4, -0.2) is 6.54 Å². The van der Waals surface area contributed by atoms with Crippen molar-refractivity contribution in [2.24, 2.45) is 0 Å². The van der Waals surface area contributed by atoms with Crippen molar-refractivity contribution in [2.75, 3.05) is 11.9 Å². The van der Waals surface area contributed by atoms with Crippen molar-refractivity contribution < 1.29 is 0 Å². The van der Waals surface area contributed by atoms with Crippen LogP contribution in [0.5, 0.6) is 0 Å². The fourth-order valence-electron chi connectivity index (χ4n) is 1.61. The molecule has 1 aromatic rings. The molecule has 1 nitrogen and oxygen atoms in total. The number of rotatable bonds is 5. The SMILES string of the molecule is CCCCCNc1ccc(C)cc1C. The normalized spacial score (nSPS) is 10.2. The Morgan fingerprint density at radius 1 is 1.14 bits per heavy atom. The van der Waals surface area contributed by atoms with Crippen molar-refractivity contribution in [3.05, 3.63) is 29.3 Å². The van der Waals surface area contributed by atoms with Gasteiger partial charge in [0.15, 0.2) is 0 Å². The zero-order chi connectivity index (χ0) is 10.4. The average molecular weight is 191 g/mol. The summed E-state index contributed by atoms with van der Waals surface area (Å²) in [4.78, 5) is 0. The number of unbranched alkanes of at least 4 members (excludes halogenated alkanes) is 2. The van der Waals surface area contributed by atoms with E-state index in [2.05, 4.69) is 44.3 Å². The van der Waals surface area contributed by atoms with Gasteiger partial charge in [0.05, 0.1) is 0 Å². The van der Waals surface area contributed by atoms with E-state index in [4.69, 9.17) is 0 Å². The van der Waals surface area contributed by atoms with Crippen molar-refractivity contribution in [2.45, 2.75) is 40.0 Å². The molecule has 0 fully saturated rings. The van der Waals surface area contributed by atoms with Crippen LogP contribution in [0.25, 0.3) is 0 Å². The molecule has 0 aliphatic rings. The Hall–Kier alpha value is -0.980. The molecule has 0 saturated heterocycles. The molecule has 1 rings (SSSR count). The van der Waals surface area contributed by atoms with E-state index in [0.717, 1.165) is 6.54 Å². The molecule has 14 heavy (non-hydrogen) atoms. The first-order chi connectivity index (χ1) is 6.74. The largest absolute Gasteiger partial charge is 0.385 e. The lowest BCUT2D eigenvalue weighted by atomic mass is 10.1. The lowest BCUT2D eigenvalue weighted by Crippen LogP contribution is -2.02. The highest BCUT2D eigenvalue weighted by Crippen LogP contribution is 2.15. The van der Waals surface area contributed by atoms with Crippen molar-refractivity contribution in [1.82, 2.24) is 0 Å². The number of anilines is 1. The fourth-order valence-corrected chi connectivity index (χ4v) is 1.61. The van der Waals surface area contributed by atoms with E-state index < -0.39 is 0 Å². The van der Waals surface area contributed by atoms with Gasteiger partial charge in [-0.25, -0.2) is 0 Å². The summed E-state index contributed by atoms with van der Waals surface area (Å²) in [6, 6.07) is 6.56. The summed E-state index contributed by atoms with van der Waals surface area (Å²) < 4.78 is 0. The Kier molecular flexibility index (Phi) is 4.51. The number of hydrogen-bond donors (Lipinski definition) is 1. The summed E-state index contributed by atoms with van der Waals surface area (Å²) >= 11 is 0. The van der Waals surface area contributed by atoms with Gasteiger partial charge in [-0.3, -0.25) is 0 Å². The van der Waals surface area contributed by atoms with Crippen LogP contribution in [0.2, 0.25) is 0 Å². The van der Waals surface area contributed by atoms with Crippen LogP contribution in [0.1, 0.15) is 37.3 Å². The smallest absolute Gasteiger partial charge is 0.0370 e. The highest BCUT2D eigenvalue weighted by molar-refractivity contribution is 5.51. The van der Waals surface area contributed by atoms with Gasteiger partial charge < -0.3 is 5.32 Å². The van der Waals surface area contributed by atoms with Gasteiger partial charge in [-0.1, -0.05) is 37.5 Å². The average Bonchev–Trinajstić information content (AvgIpc) is 2.15. The summed E-state index contributed by atoms with van der Waals surface area (Å²) in [5.74, 6) is 0. The van der Waals surface area contributed by atoms with E-state index in [0.29, 0.717) is 0 Å². The van der Waals surface area contributed by atoms with Gasteiger partial charge >= 0.3 is 0 Å². The maximum absolute atomic E-state index is 3.47. The minimum atomic E-state index is 1.09. The molecule has 0 bridgehead atoms. The van der Waals surface area contributed by atoms with Gasteiger partial charge in [0.1, 0.15) is 0 Å². The molecule has 0 heterocycles. The van der Waals surface area contributed by atoms with Crippen molar-refractivity contribution in [3.8, 4) is 0 Å². The zero-order valence-corrected chi connectivity index (χ0v) is 9.56. The summed E-state index contributed by atoms with van der Waals surface area (Å²) in [7, 11) is 0. The van der Waals surface area contributed by atoms with Crippen LogP contribution < -0.4 is 5.32 Å². The molecular weight excluding hydrogens is 170 g/mol. The van der Waals surface area contributed by atoms with E-state index >= 15 is 0 Å². The van der Waals surface area contributed by atoms with E-state index in [-0.39, 0.29) is 0 Å². The topological polar surface area (TPSA) is 12.0 Å². The molecule has 0 saturated carbocycles. The molecule has 0 aliphatic heterocycles. The maximum Gasteiger partial charge on any atom is 0.0370 e. The van der Waals surface area contributed by atoms with Crippen molar-refractivity contribution in [3.63, 3.8) is 0 Å². The van der Waals surface area contributed by atoms with Crippen LogP contribution in [0, 0.1) is 13.8 Å². The molecule has 0 aromatic heterocycles. The number of nitrogens with one attached hydrogen (secondary N) is 1. The van der Waals surface area contributed by atoms with Crippen LogP contribution in [0.15, 0.2) is 18.2 Å². The van der Waals surface area contributed by atoms with Crippen LogP contribution in [0.4, 0.5) is 5.69 Å². The van der Waals surface area contributed by atoms with E-state index in [1.165, 1.54) is 36.1 Å². The fraction of sp³-hybridized carbons (Fsp3) is 0.538. The summed E-state index contributed by atoms with van der Waals surface area (Å²) in [6.07, 6.45) is 3.87. The first-order valence-corrected chi connectivity index (χ1v) is 5.55. The van der Waals surface area contributed by atoms with Gasteiger partial charge in [0.2, 0.25) is 0 Å². The van der Waals surface area contributed by atoms with Gasteiger partial charge in [-0.15, -0.1) is 0 Å². The summed E-state index contributed by atoms with van der Waals surface area (Å²) in [6.45, 7) is 7.62. The maximum atomic E-state index is 3.47. The van der Waals surface area contributed by atoms with Crippen LogP contribution in [0.3, 0.4) is 0 Å². The minimum Gasteiger partial charge on any atom is -0.385 e. The second-order valence-electron chi connectivity index (χ2n) is 3.95. The molecule has 0 spiro atoms. The molecule has 0 atom stereocenters. The lowest BCUT2D eigenvalue weighted by Gasteiger charge is -2.09. The molecule has 0 radical (unpaired) electrons. The van der Waals surface area contributed by atoms with E-state index in [1.54, 1.807) is 0 Å². The number of aryl methyl sites for hydroxylation is 2. The predicted molar refractivity (Wildman–Crippen MR) is 63.9 cm³/mol. The molecule has 1 aromatic carbocycles. The summed E-state index contributed by atoms with van der Waals surface area (Å²) in [5.41, 5.74) is 3.97. The Morgan fingerprint density at radius 2 is 1.93 bits per heavy atom. The number of benzene rings is 1. The van der Waals surface area contributed by atoms with Gasteiger partial charge in [-0.2, -0.15) is 0 Å². The Morgan fingerprint density at radius 3 is 2.57 bits per heavy atom. The number of hydrogen-bond acceptors (Lipinski definition) is 1. The van der Waals surface area contributed by atoms with E-state index in [9.17, 15) is 0 Å². The molecule has 0 unspecified atom stereocenters. The molecular formula is C13H21N. The Balaban J connectivity index is 2.42. The Labute approximate surface area is 87.5 Å². The first kappa shape index (κ1) is 11.1.